The zero-order chi connectivity index (χ0) is 91.3. The first-order valence-electron chi connectivity index (χ1n) is 42.8. The van der Waals surface area contributed by atoms with Crippen molar-refractivity contribution in [2.75, 3.05) is 12.0 Å². The van der Waals surface area contributed by atoms with Crippen molar-refractivity contribution in [2.45, 2.75) is 229 Å². The van der Waals surface area contributed by atoms with Crippen molar-refractivity contribution in [3.63, 3.8) is 0 Å². The van der Waals surface area contributed by atoms with Crippen LogP contribution in [0.3, 0.4) is 0 Å². The molecule has 0 saturated carbocycles. The summed E-state index contributed by atoms with van der Waals surface area (Å²) in [7, 11) is -1.24. The smallest absolute Gasteiger partial charge is 0.221 e. The number of nitrogens with two attached hydrogens (primary N) is 1. The van der Waals surface area contributed by atoms with Crippen molar-refractivity contribution in [3.8, 4) is 83.9 Å². The Balaban J connectivity index is 0.000000180. The Morgan fingerprint density at radius 3 is 1.01 bits per heavy atom. The van der Waals surface area contributed by atoms with Crippen LogP contribution in [0, 0.1) is 20.8 Å². The molecule has 0 unspecified atom stereocenters. The van der Waals surface area contributed by atoms with Crippen LogP contribution >= 0.6 is 0 Å². The lowest BCUT2D eigenvalue weighted by Gasteiger charge is -2.19. The van der Waals surface area contributed by atoms with Gasteiger partial charge in [0.1, 0.15) is 12.1 Å². The number of hydrogen-bond acceptors (Lipinski definition) is 12. The summed E-state index contributed by atoms with van der Waals surface area (Å²) in [5.41, 5.74) is 35.3. The summed E-state index contributed by atoms with van der Waals surface area (Å²) in [6, 6.07) is 78.1. The highest BCUT2D eigenvalue weighted by atomic mass is 32.2. The predicted molar refractivity (Wildman–Crippen MR) is 523 cm³/mol. The van der Waals surface area contributed by atoms with Crippen molar-refractivity contribution in [1.82, 2.24) is 44.7 Å². The summed E-state index contributed by atoms with van der Waals surface area (Å²) in [5, 5.41) is 4.28. The molecule has 14 rings (SSSR count). The minimum Gasteiger partial charge on any atom is -0.475 e. The lowest BCUT2D eigenvalue weighted by molar-refractivity contribution is 0.234. The van der Waals surface area contributed by atoms with Crippen LogP contribution in [-0.2, 0) is 54.8 Å². The van der Waals surface area contributed by atoms with Gasteiger partial charge in [-0.1, -0.05) is 327 Å². The molecule has 0 aliphatic heterocycles. The molecule has 0 saturated heterocycles. The number of anilines is 1. The van der Waals surface area contributed by atoms with E-state index in [4.69, 9.17) is 10.5 Å². The van der Waals surface area contributed by atoms with Crippen molar-refractivity contribution in [2.24, 2.45) is 7.05 Å². The van der Waals surface area contributed by atoms with E-state index in [1.165, 1.54) is 96.0 Å². The molecule has 0 fully saturated rings. The fourth-order valence-electron chi connectivity index (χ4n) is 13.2. The molecule has 648 valence electrons. The van der Waals surface area contributed by atoms with Gasteiger partial charge in [0, 0.05) is 113 Å². The maximum absolute atomic E-state index is 11.6. The average molecular weight is 1680 g/mol. The molecule has 0 bridgehead atoms. The number of benzene rings is 7. The van der Waals surface area contributed by atoms with E-state index in [1.807, 2.05) is 113 Å². The molecule has 7 aromatic carbocycles. The lowest BCUT2D eigenvalue weighted by Crippen LogP contribution is -2.10. The van der Waals surface area contributed by atoms with Gasteiger partial charge < -0.3 is 10.5 Å². The van der Waals surface area contributed by atoms with Gasteiger partial charge in [-0.2, -0.15) is 5.10 Å². The average Bonchev–Trinajstić information content (AvgIpc) is 1.20. The maximum Gasteiger partial charge on any atom is 0.221 e. The minimum absolute atomic E-state index is 0.103. The molecule has 0 aliphatic carbocycles. The van der Waals surface area contributed by atoms with Gasteiger partial charge in [0.2, 0.25) is 5.88 Å². The second-order valence-electron chi connectivity index (χ2n) is 39.2. The van der Waals surface area contributed by atoms with E-state index in [9.17, 15) is 8.42 Å². The zero-order valence-corrected chi connectivity index (χ0v) is 79.8. The Bertz CT molecular complexity index is 5640. The molecular weight excluding hydrogens is 1540 g/mol. The third-order valence-electron chi connectivity index (χ3n) is 21.1. The first-order chi connectivity index (χ1) is 57.9. The fourth-order valence-corrected chi connectivity index (χ4v) is 13.8. The van der Waals surface area contributed by atoms with E-state index >= 15 is 0 Å². The van der Waals surface area contributed by atoms with Gasteiger partial charge in [-0.25, -0.2) is 28.4 Å². The molecule has 0 aliphatic rings. The third-order valence-corrected chi connectivity index (χ3v) is 22.2. The van der Waals surface area contributed by atoms with E-state index in [0.717, 1.165) is 50.3 Å². The number of nitrogen functional groups attached to an aromatic ring is 1. The highest BCUT2D eigenvalue weighted by molar-refractivity contribution is 7.90. The van der Waals surface area contributed by atoms with Crippen LogP contribution in [0.25, 0.3) is 78.0 Å². The van der Waals surface area contributed by atoms with Gasteiger partial charge in [-0.3, -0.25) is 19.6 Å². The molecule has 13 nitrogen and oxygen atoms in total. The number of hydrogen-bond donors (Lipinski definition) is 1. The lowest BCUT2D eigenvalue weighted by atomic mass is 9.86. The molecule has 0 radical (unpaired) electrons. The van der Waals surface area contributed by atoms with Crippen LogP contribution in [0.1, 0.15) is 215 Å². The van der Waals surface area contributed by atoms with Crippen molar-refractivity contribution in [3.05, 3.63) is 342 Å². The van der Waals surface area contributed by atoms with Crippen LogP contribution in [0.15, 0.2) is 291 Å². The summed E-state index contributed by atoms with van der Waals surface area (Å²) >= 11 is 0. The molecule has 14 aromatic rings. The second kappa shape index (κ2) is 42.0. The number of aromatic nitrogens is 9. The topological polar surface area (TPSA) is 177 Å². The Morgan fingerprint density at radius 2 is 0.669 bits per heavy atom. The summed E-state index contributed by atoms with van der Waals surface area (Å²) in [6.07, 6.45) is 18.8. The predicted octanol–water partition coefficient (Wildman–Crippen LogP) is 27.8. The third kappa shape index (κ3) is 29.4. The standard InChI is InChI=1S/C18H23NO.C16H19NO2S.2C16H19N.C15H20N2.C15H18N2.C14H16N2/c1-13(2)20-17-16(7-6-12-19-17)14-8-10-15(11-9-14)18(3,4)5;1-16(2,3)14-7-5-12(6-8-14)13-9-15(11-17-10-13)20(4,18)19;1-12-5-6-14(11-17-12)13-7-9-15(10-8-13)16(2,3)4;1-12-15(6-5-11-17-12)13-7-9-14(10-8-13)16(2,3)4;1-11-10-16-17(5)14(11)12-6-8-13(9-7-12)15(2,3)4;1-15(2,3)13-7-4-11(5-8-13)12-6-9-14(16)17-10-12;1-14(2,3)13-6-4-11(5-7-13)12-8-15-10-16-9-12/h6-13H,1-5H3;5-11H,1-4H3;2*5-11H,1-4H3;6-10H,1-5H3;4-10H,1-3H3,(H2,16,17);4-10H,1-3H3. The number of ether oxygens (including phenoxy) is 1. The first-order valence-corrected chi connectivity index (χ1v) is 44.7. The van der Waals surface area contributed by atoms with Crippen LogP contribution in [0.5, 0.6) is 5.88 Å². The number of pyridine rings is 5. The Kier molecular flexibility index (Phi) is 33.1. The first kappa shape index (κ1) is 97.6. The van der Waals surface area contributed by atoms with E-state index < -0.39 is 9.84 Å². The molecule has 7 heterocycles. The Morgan fingerprint density at radius 1 is 0.339 bits per heavy atom. The van der Waals surface area contributed by atoms with Gasteiger partial charge in [-0.15, -0.1) is 0 Å². The molecular formula is C110H134N10O3S. The van der Waals surface area contributed by atoms with Gasteiger partial charge >= 0.3 is 0 Å². The Labute approximate surface area is 743 Å². The van der Waals surface area contributed by atoms with E-state index in [2.05, 4.69) is 368 Å². The van der Waals surface area contributed by atoms with Gasteiger partial charge in [-0.05, 0) is 193 Å². The maximum atomic E-state index is 11.6. The quantitative estimate of drug-likeness (QED) is 0.137. The number of sulfone groups is 1. The van der Waals surface area contributed by atoms with Crippen LogP contribution in [0.4, 0.5) is 5.82 Å². The van der Waals surface area contributed by atoms with Crippen LogP contribution in [-0.4, -0.2) is 65.4 Å². The fraction of sp³-hybridized carbons (Fsp3) is 0.327. The molecule has 7 aromatic heterocycles. The Hall–Kier alpha value is -11.9. The summed E-state index contributed by atoms with van der Waals surface area (Å²) in [4.78, 5) is 29.4. The van der Waals surface area contributed by atoms with Crippen molar-refractivity contribution >= 4 is 15.7 Å². The highest BCUT2D eigenvalue weighted by Crippen LogP contribution is 2.36. The molecule has 0 spiro atoms. The summed E-state index contributed by atoms with van der Waals surface area (Å²) in [5.74, 6) is 1.26. The van der Waals surface area contributed by atoms with Crippen molar-refractivity contribution in [1.29, 1.82) is 0 Å². The second-order valence-corrected chi connectivity index (χ2v) is 41.2. The molecule has 0 atom stereocenters. The van der Waals surface area contributed by atoms with Gasteiger partial charge in [0.25, 0.3) is 0 Å². The van der Waals surface area contributed by atoms with E-state index in [1.54, 1.807) is 31.0 Å². The largest absolute Gasteiger partial charge is 0.475 e. The molecule has 0 amide bonds. The number of aryl methyl sites for hydroxylation is 4. The van der Waals surface area contributed by atoms with E-state index in [-0.39, 0.29) is 48.9 Å². The summed E-state index contributed by atoms with van der Waals surface area (Å²) in [6.45, 7) is 56.7. The molecule has 2 N–H and O–H groups in total. The number of rotatable bonds is 10. The monoisotopic (exact) mass is 1680 g/mol. The van der Waals surface area contributed by atoms with Gasteiger partial charge in [0.15, 0.2) is 9.84 Å². The van der Waals surface area contributed by atoms with Crippen LogP contribution in [0.2, 0.25) is 0 Å². The van der Waals surface area contributed by atoms with Gasteiger partial charge in [0.05, 0.1) is 22.9 Å². The number of nitrogens with zero attached hydrogens (tertiary/aromatic N) is 9. The van der Waals surface area contributed by atoms with E-state index in [0.29, 0.717) is 11.7 Å². The summed E-state index contributed by atoms with van der Waals surface area (Å²) < 4.78 is 30.8. The SMILES string of the molecule is CC(C)(C)c1ccc(-c2ccc(N)nc2)cc1.CC(C)(C)c1ccc(-c2cncc(S(C)(=O)=O)c2)cc1.CC(C)(C)c1ccc(-c2cncnc2)cc1.CC(C)Oc1ncccc1-c1ccc(C(C)(C)C)cc1.Cc1ccc(-c2ccc(C(C)(C)C)cc2)cn1.Cc1cnn(C)c1-c1ccc(C(C)(C)C)cc1.Cc1ncccc1-c1ccc(C(C)(C)C)cc1. The highest BCUT2D eigenvalue weighted by Gasteiger charge is 2.21. The minimum atomic E-state index is -3.23. The molecule has 14 heteroatoms. The van der Waals surface area contributed by atoms with Crippen molar-refractivity contribution < 1.29 is 13.2 Å². The zero-order valence-electron chi connectivity index (χ0n) is 78.9. The normalized spacial score (nSPS) is 11.7. The molecule has 124 heavy (non-hydrogen) atoms. The van der Waals surface area contributed by atoms with Crippen LogP contribution < -0.4 is 10.5 Å².